The molecule has 2 nitrogen and oxygen atoms in total. The summed E-state index contributed by atoms with van der Waals surface area (Å²) >= 11 is 0. The smallest absolute Gasteiger partial charge is 0.0107 e. The van der Waals surface area contributed by atoms with Crippen LogP contribution >= 0.6 is 0 Å². The normalized spacial score (nSPS) is 11.2. The Morgan fingerprint density at radius 1 is 1.12 bits per heavy atom. The van der Waals surface area contributed by atoms with Gasteiger partial charge in [0.05, 0.1) is 0 Å². The Morgan fingerprint density at radius 2 is 1.62 bits per heavy atom. The molecule has 0 heterocycles. The van der Waals surface area contributed by atoms with Crippen molar-refractivity contribution in [2.24, 2.45) is 0 Å². The molecule has 0 saturated carbocycles. The molecule has 0 atom stereocenters. The van der Waals surface area contributed by atoms with Crippen LogP contribution < -0.4 is 0 Å². The van der Waals surface area contributed by atoms with Crippen LogP contribution in [0.25, 0.3) is 0 Å². The first-order valence-electron chi connectivity index (χ1n) is 2.79. The highest BCUT2D eigenvalue weighted by Gasteiger charge is 1.89. The zero-order chi connectivity index (χ0) is 6.57. The Kier molecular flexibility index (Phi) is 3.83. The molecule has 49 valence electrons. The molecule has 0 aromatic heterocycles. The Morgan fingerprint density at radius 3 is 1.75 bits per heavy atom. The van der Waals surface area contributed by atoms with Crippen molar-refractivity contribution in [1.82, 2.24) is 9.80 Å². The highest BCUT2D eigenvalue weighted by atomic mass is 15.1. The van der Waals surface area contributed by atoms with Gasteiger partial charge >= 0.3 is 0 Å². The molecule has 0 aliphatic rings. The lowest BCUT2D eigenvalue weighted by Crippen LogP contribution is -2.24. The molecule has 8 heavy (non-hydrogen) atoms. The first-order valence-corrected chi connectivity index (χ1v) is 2.79. The summed E-state index contributed by atoms with van der Waals surface area (Å²) in [6.07, 6.45) is 0. The standard InChI is InChI=1S/C6H15N2/c1-7(2)5-6-8(3)4/h1,5-6H2,2-4H3. The molecule has 0 amide bonds. The molecule has 0 N–H and O–H groups in total. The second-order valence-electron chi connectivity index (χ2n) is 2.38. The molecule has 0 saturated heterocycles. The van der Waals surface area contributed by atoms with E-state index < -0.39 is 0 Å². The highest BCUT2D eigenvalue weighted by molar-refractivity contribution is 4.49. The van der Waals surface area contributed by atoms with E-state index >= 15 is 0 Å². The third kappa shape index (κ3) is 5.92. The van der Waals surface area contributed by atoms with Gasteiger partial charge in [-0.25, -0.2) is 0 Å². The lowest BCUT2D eigenvalue weighted by atomic mass is 10.5. The van der Waals surface area contributed by atoms with Crippen molar-refractivity contribution in [1.29, 1.82) is 0 Å². The van der Waals surface area contributed by atoms with Crippen LogP contribution in [-0.2, 0) is 0 Å². The molecular weight excluding hydrogens is 100 g/mol. The predicted molar refractivity (Wildman–Crippen MR) is 36.5 cm³/mol. The van der Waals surface area contributed by atoms with Gasteiger partial charge < -0.3 is 9.80 Å². The van der Waals surface area contributed by atoms with Crippen molar-refractivity contribution in [2.45, 2.75) is 0 Å². The van der Waals surface area contributed by atoms with Crippen molar-refractivity contribution >= 4 is 0 Å². The Hall–Kier alpha value is -0.0800. The second-order valence-corrected chi connectivity index (χ2v) is 2.38. The number of likely N-dealkylation sites (N-methyl/N-ethyl adjacent to an activating group) is 2. The van der Waals surface area contributed by atoms with Gasteiger partial charge in [-0.05, 0) is 21.1 Å². The molecule has 0 aromatic carbocycles. The number of rotatable bonds is 3. The SMILES string of the molecule is [CH2]N(C)CCN(C)C. The van der Waals surface area contributed by atoms with Gasteiger partial charge in [-0.15, -0.1) is 0 Å². The summed E-state index contributed by atoms with van der Waals surface area (Å²) in [6, 6.07) is 0. The minimum atomic E-state index is 1.03. The predicted octanol–water partition coefficient (Wildman–Crippen LogP) is 0.271. The summed E-state index contributed by atoms with van der Waals surface area (Å²) in [5, 5.41) is 0. The van der Waals surface area contributed by atoms with Gasteiger partial charge in [0, 0.05) is 20.1 Å². The molecule has 0 aliphatic heterocycles. The minimum absolute atomic E-state index is 1.03. The van der Waals surface area contributed by atoms with Crippen LogP contribution in [0.4, 0.5) is 0 Å². The fraction of sp³-hybridized carbons (Fsp3) is 0.833. The van der Waals surface area contributed by atoms with E-state index in [9.17, 15) is 0 Å². The van der Waals surface area contributed by atoms with Crippen LogP contribution in [0.15, 0.2) is 0 Å². The van der Waals surface area contributed by atoms with Crippen LogP contribution in [0.3, 0.4) is 0 Å². The summed E-state index contributed by atoms with van der Waals surface area (Å²) in [6.45, 7) is 2.12. The average molecular weight is 115 g/mol. The molecule has 0 aliphatic carbocycles. The van der Waals surface area contributed by atoms with E-state index in [0.717, 1.165) is 13.1 Å². The van der Waals surface area contributed by atoms with E-state index in [2.05, 4.69) is 26.0 Å². The van der Waals surface area contributed by atoms with Crippen LogP contribution in [-0.4, -0.2) is 44.0 Å². The van der Waals surface area contributed by atoms with Crippen LogP contribution in [0.1, 0.15) is 0 Å². The minimum Gasteiger partial charge on any atom is -0.308 e. The van der Waals surface area contributed by atoms with Gasteiger partial charge in [0.15, 0.2) is 0 Å². The van der Waals surface area contributed by atoms with E-state index in [0.29, 0.717) is 0 Å². The molecule has 2 heteroatoms. The zero-order valence-corrected chi connectivity index (χ0v) is 6.02. The zero-order valence-electron chi connectivity index (χ0n) is 6.02. The largest absolute Gasteiger partial charge is 0.308 e. The fourth-order valence-corrected chi connectivity index (χ4v) is 0.371. The Labute approximate surface area is 52.1 Å². The topological polar surface area (TPSA) is 6.48 Å². The molecule has 0 spiro atoms. The Bertz CT molecular complexity index is 42.5. The maximum atomic E-state index is 3.72. The average Bonchev–Trinajstić information content (AvgIpc) is 1.61. The molecule has 0 aromatic rings. The molecule has 0 fully saturated rings. The van der Waals surface area contributed by atoms with E-state index in [1.54, 1.807) is 0 Å². The molecule has 0 unspecified atom stereocenters. The monoisotopic (exact) mass is 115 g/mol. The molecule has 1 radical (unpaired) electrons. The van der Waals surface area contributed by atoms with Crippen molar-refractivity contribution in [3.05, 3.63) is 7.05 Å². The third-order valence-corrected chi connectivity index (χ3v) is 0.929. The summed E-state index contributed by atoms with van der Waals surface area (Å²) in [7, 11) is 9.81. The van der Waals surface area contributed by atoms with Gasteiger partial charge in [0.1, 0.15) is 0 Å². The van der Waals surface area contributed by atoms with Crippen molar-refractivity contribution in [3.63, 3.8) is 0 Å². The van der Waals surface area contributed by atoms with Gasteiger partial charge in [0.25, 0.3) is 0 Å². The first kappa shape index (κ1) is 7.92. The van der Waals surface area contributed by atoms with Gasteiger partial charge in [-0.3, -0.25) is 0 Å². The number of nitrogens with zero attached hydrogens (tertiary/aromatic N) is 2. The maximum Gasteiger partial charge on any atom is 0.0107 e. The van der Waals surface area contributed by atoms with Crippen LogP contribution in [0.5, 0.6) is 0 Å². The van der Waals surface area contributed by atoms with Crippen LogP contribution in [0, 0.1) is 7.05 Å². The van der Waals surface area contributed by atoms with E-state index in [1.807, 2.05) is 11.9 Å². The lowest BCUT2D eigenvalue weighted by molar-refractivity contribution is 0.338. The molecule has 0 rings (SSSR count). The molecular formula is C6H15N2. The summed E-state index contributed by atoms with van der Waals surface area (Å²) in [5.41, 5.74) is 0. The lowest BCUT2D eigenvalue weighted by Gasteiger charge is -2.13. The first-order chi connectivity index (χ1) is 3.63. The van der Waals surface area contributed by atoms with E-state index in [1.165, 1.54) is 0 Å². The van der Waals surface area contributed by atoms with Crippen LogP contribution in [0.2, 0.25) is 0 Å². The van der Waals surface area contributed by atoms with E-state index in [-0.39, 0.29) is 0 Å². The van der Waals surface area contributed by atoms with Crippen molar-refractivity contribution in [3.8, 4) is 0 Å². The Balaban J connectivity index is 2.93. The third-order valence-electron chi connectivity index (χ3n) is 0.929. The quantitative estimate of drug-likeness (QED) is 0.521. The summed E-state index contributed by atoms with van der Waals surface area (Å²) in [5.74, 6) is 0. The van der Waals surface area contributed by atoms with Crippen molar-refractivity contribution < 1.29 is 0 Å². The van der Waals surface area contributed by atoms with Gasteiger partial charge in [0.2, 0.25) is 0 Å². The summed E-state index contributed by atoms with van der Waals surface area (Å²) < 4.78 is 0. The van der Waals surface area contributed by atoms with Gasteiger partial charge in [-0.1, -0.05) is 0 Å². The number of hydrogen-bond acceptors (Lipinski definition) is 2. The highest BCUT2D eigenvalue weighted by Crippen LogP contribution is 1.77. The van der Waals surface area contributed by atoms with E-state index in [4.69, 9.17) is 0 Å². The van der Waals surface area contributed by atoms with Gasteiger partial charge in [-0.2, -0.15) is 0 Å². The second kappa shape index (κ2) is 3.87. The fourth-order valence-electron chi connectivity index (χ4n) is 0.371. The summed E-state index contributed by atoms with van der Waals surface area (Å²) in [4.78, 5) is 4.07. The molecule has 0 bridgehead atoms. The van der Waals surface area contributed by atoms with Crippen molar-refractivity contribution in [2.75, 3.05) is 34.2 Å². The number of hydrogen-bond donors (Lipinski definition) is 0. The maximum absolute atomic E-state index is 3.72.